The van der Waals surface area contributed by atoms with Gasteiger partial charge in [0.2, 0.25) is 5.13 Å². The first-order chi connectivity index (χ1) is 14.0. The molecular weight excluding hydrogens is 389 g/mol. The number of unbranched alkanes of at least 4 members (excludes halogenated alkanes) is 1. The predicted molar refractivity (Wildman–Crippen MR) is 114 cm³/mol. The standard InChI is InChI=1S/C22H22FN3O2S/c1-4-5-14-26(21(27)18-8-6-7-9-19(18)23)22-25-24-20(29-22)17-12-10-16(11-13-17)15(2)28-3/h6-13H,2,4-5,14H2,1,3H3. The highest BCUT2D eigenvalue weighted by molar-refractivity contribution is 7.18. The van der Waals surface area contributed by atoms with Gasteiger partial charge in [-0.3, -0.25) is 9.69 Å². The molecule has 1 amide bonds. The van der Waals surface area contributed by atoms with Crippen molar-refractivity contribution in [2.45, 2.75) is 19.8 Å². The summed E-state index contributed by atoms with van der Waals surface area (Å²) in [5.74, 6) is -0.376. The molecule has 0 radical (unpaired) electrons. The highest BCUT2D eigenvalue weighted by atomic mass is 32.1. The van der Waals surface area contributed by atoms with Crippen LogP contribution in [0.15, 0.2) is 55.1 Å². The van der Waals surface area contributed by atoms with Gasteiger partial charge >= 0.3 is 0 Å². The zero-order chi connectivity index (χ0) is 20.8. The minimum Gasteiger partial charge on any atom is -0.497 e. The van der Waals surface area contributed by atoms with E-state index in [0.717, 1.165) is 24.0 Å². The van der Waals surface area contributed by atoms with Crippen LogP contribution in [-0.4, -0.2) is 29.8 Å². The molecule has 0 aliphatic heterocycles. The maximum Gasteiger partial charge on any atom is 0.263 e. The fourth-order valence-corrected chi connectivity index (χ4v) is 3.61. The SMILES string of the molecule is C=C(OC)c1ccc(-c2nnc(N(CCCC)C(=O)c3ccccc3F)s2)cc1. The minimum atomic E-state index is -0.544. The van der Waals surface area contributed by atoms with E-state index in [2.05, 4.69) is 16.8 Å². The van der Waals surface area contributed by atoms with Crippen molar-refractivity contribution in [3.63, 3.8) is 0 Å². The van der Waals surface area contributed by atoms with Gasteiger partial charge in [0.15, 0.2) is 0 Å². The second-order valence-electron chi connectivity index (χ2n) is 6.38. The highest BCUT2D eigenvalue weighted by Crippen LogP contribution is 2.31. The monoisotopic (exact) mass is 411 g/mol. The van der Waals surface area contributed by atoms with Gasteiger partial charge in [0.1, 0.15) is 16.6 Å². The van der Waals surface area contributed by atoms with Crippen molar-refractivity contribution in [3.05, 3.63) is 72.1 Å². The lowest BCUT2D eigenvalue weighted by Gasteiger charge is -2.19. The predicted octanol–water partition coefficient (Wildman–Crippen LogP) is 5.41. The van der Waals surface area contributed by atoms with Gasteiger partial charge in [-0.05, 0) is 18.6 Å². The number of amides is 1. The molecule has 0 saturated carbocycles. The number of carbonyl (C=O) groups is 1. The minimum absolute atomic E-state index is 0.0304. The van der Waals surface area contributed by atoms with Crippen LogP contribution < -0.4 is 4.90 Å². The van der Waals surface area contributed by atoms with Gasteiger partial charge in [-0.25, -0.2) is 4.39 Å². The third kappa shape index (κ3) is 4.68. The van der Waals surface area contributed by atoms with Crippen molar-refractivity contribution in [1.82, 2.24) is 10.2 Å². The summed E-state index contributed by atoms with van der Waals surface area (Å²) in [6.45, 7) is 6.32. The number of rotatable bonds is 8. The van der Waals surface area contributed by atoms with Gasteiger partial charge in [-0.2, -0.15) is 0 Å². The number of methoxy groups -OCH3 is 1. The van der Waals surface area contributed by atoms with Crippen LogP contribution in [0, 0.1) is 5.82 Å². The van der Waals surface area contributed by atoms with Gasteiger partial charge in [0, 0.05) is 17.7 Å². The maximum absolute atomic E-state index is 14.1. The lowest BCUT2D eigenvalue weighted by atomic mass is 10.1. The number of hydrogen-bond donors (Lipinski definition) is 0. The molecule has 0 bridgehead atoms. The van der Waals surface area contributed by atoms with Crippen LogP contribution in [0.2, 0.25) is 0 Å². The molecule has 7 heteroatoms. The Kier molecular flexibility index (Phi) is 6.72. The van der Waals surface area contributed by atoms with E-state index in [0.29, 0.717) is 22.4 Å². The number of aromatic nitrogens is 2. The van der Waals surface area contributed by atoms with Crippen molar-refractivity contribution >= 4 is 28.1 Å². The first-order valence-corrected chi connectivity index (χ1v) is 10.1. The smallest absolute Gasteiger partial charge is 0.263 e. The third-order valence-corrected chi connectivity index (χ3v) is 5.43. The van der Waals surface area contributed by atoms with Gasteiger partial charge in [-0.1, -0.05) is 67.7 Å². The number of benzene rings is 2. The van der Waals surface area contributed by atoms with Crippen molar-refractivity contribution in [3.8, 4) is 10.6 Å². The highest BCUT2D eigenvalue weighted by Gasteiger charge is 2.23. The van der Waals surface area contributed by atoms with E-state index in [-0.39, 0.29) is 5.56 Å². The lowest BCUT2D eigenvalue weighted by molar-refractivity contribution is 0.0982. The molecule has 2 aromatic carbocycles. The number of halogens is 1. The molecule has 3 rings (SSSR count). The summed E-state index contributed by atoms with van der Waals surface area (Å²) in [6, 6.07) is 13.6. The Morgan fingerprint density at radius 1 is 1.17 bits per heavy atom. The molecule has 5 nitrogen and oxygen atoms in total. The Bertz CT molecular complexity index is 1000. The van der Waals surface area contributed by atoms with Crippen molar-refractivity contribution in [2.24, 2.45) is 0 Å². The average molecular weight is 412 g/mol. The molecule has 29 heavy (non-hydrogen) atoms. The van der Waals surface area contributed by atoms with Gasteiger partial charge in [-0.15, -0.1) is 10.2 Å². The van der Waals surface area contributed by atoms with E-state index in [4.69, 9.17) is 4.74 Å². The van der Waals surface area contributed by atoms with Crippen LogP contribution in [0.4, 0.5) is 9.52 Å². The van der Waals surface area contributed by atoms with Crippen molar-refractivity contribution in [2.75, 3.05) is 18.6 Å². The quantitative estimate of drug-likeness (QED) is 0.465. The van der Waals surface area contributed by atoms with E-state index in [1.54, 1.807) is 19.2 Å². The van der Waals surface area contributed by atoms with Gasteiger partial charge in [0.05, 0.1) is 12.7 Å². The second kappa shape index (κ2) is 9.43. The topological polar surface area (TPSA) is 55.3 Å². The summed E-state index contributed by atoms with van der Waals surface area (Å²) in [7, 11) is 1.57. The summed E-state index contributed by atoms with van der Waals surface area (Å²) in [5, 5.41) is 9.57. The zero-order valence-electron chi connectivity index (χ0n) is 16.4. The molecule has 0 unspecified atom stereocenters. The summed E-state index contributed by atoms with van der Waals surface area (Å²) < 4.78 is 19.3. The molecule has 0 fully saturated rings. The Hall–Kier alpha value is -3.06. The number of ether oxygens (including phenoxy) is 1. The Morgan fingerprint density at radius 2 is 1.90 bits per heavy atom. The van der Waals surface area contributed by atoms with E-state index in [1.807, 2.05) is 31.2 Å². The molecule has 0 saturated heterocycles. The van der Waals surface area contributed by atoms with Gasteiger partial charge in [0.25, 0.3) is 5.91 Å². The third-order valence-electron chi connectivity index (χ3n) is 4.43. The summed E-state index contributed by atoms with van der Waals surface area (Å²) in [4.78, 5) is 14.5. The largest absolute Gasteiger partial charge is 0.497 e. The number of carbonyl (C=O) groups excluding carboxylic acids is 1. The molecule has 0 spiro atoms. The number of anilines is 1. The second-order valence-corrected chi connectivity index (χ2v) is 7.34. The molecule has 0 atom stereocenters. The van der Waals surface area contributed by atoms with E-state index in [1.165, 1.54) is 28.4 Å². The molecule has 0 aliphatic rings. The first-order valence-electron chi connectivity index (χ1n) is 9.28. The van der Waals surface area contributed by atoms with Crippen LogP contribution in [0.5, 0.6) is 0 Å². The van der Waals surface area contributed by atoms with Gasteiger partial charge < -0.3 is 4.74 Å². The molecule has 150 valence electrons. The molecule has 1 aromatic heterocycles. The zero-order valence-corrected chi connectivity index (χ0v) is 17.2. The molecule has 1 heterocycles. The van der Waals surface area contributed by atoms with Crippen LogP contribution >= 0.6 is 11.3 Å². The molecule has 0 aliphatic carbocycles. The normalized spacial score (nSPS) is 10.6. The first kappa shape index (κ1) is 20.7. The van der Waals surface area contributed by atoms with Crippen LogP contribution in [0.3, 0.4) is 0 Å². The average Bonchev–Trinajstić information content (AvgIpc) is 3.23. The fraction of sp³-hybridized carbons (Fsp3) is 0.227. The molecular formula is C22H22FN3O2S. The number of nitrogens with zero attached hydrogens (tertiary/aromatic N) is 3. The maximum atomic E-state index is 14.1. The summed E-state index contributed by atoms with van der Waals surface area (Å²) in [5.41, 5.74) is 1.78. The van der Waals surface area contributed by atoms with E-state index < -0.39 is 11.7 Å². The fourth-order valence-electron chi connectivity index (χ4n) is 2.74. The van der Waals surface area contributed by atoms with E-state index in [9.17, 15) is 9.18 Å². The Morgan fingerprint density at radius 3 is 2.55 bits per heavy atom. The molecule has 3 aromatic rings. The van der Waals surface area contributed by atoms with Crippen LogP contribution in [0.25, 0.3) is 16.3 Å². The molecule has 0 N–H and O–H groups in total. The summed E-state index contributed by atoms with van der Waals surface area (Å²) in [6.07, 6.45) is 1.68. The van der Waals surface area contributed by atoms with E-state index >= 15 is 0 Å². The van der Waals surface area contributed by atoms with Crippen molar-refractivity contribution in [1.29, 1.82) is 0 Å². The Balaban J connectivity index is 1.88. The Labute approximate surface area is 173 Å². The van der Waals surface area contributed by atoms with Crippen molar-refractivity contribution < 1.29 is 13.9 Å². The van der Waals surface area contributed by atoms with Crippen LogP contribution in [-0.2, 0) is 4.74 Å². The summed E-state index contributed by atoms with van der Waals surface area (Å²) >= 11 is 1.30. The number of hydrogen-bond acceptors (Lipinski definition) is 5. The van der Waals surface area contributed by atoms with Crippen LogP contribution in [0.1, 0.15) is 35.7 Å². The lowest BCUT2D eigenvalue weighted by Crippen LogP contribution is -2.32.